The summed E-state index contributed by atoms with van der Waals surface area (Å²) in [5.74, 6) is 0. The highest BCUT2D eigenvalue weighted by Gasteiger charge is 2.39. The van der Waals surface area contributed by atoms with Gasteiger partial charge < -0.3 is 28.7 Å². The molecule has 6 nitrogen and oxygen atoms in total. The predicted molar refractivity (Wildman–Crippen MR) is 124 cm³/mol. The van der Waals surface area contributed by atoms with Gasteiger partial charge in [-0.05, 0) is 64.2 Å². The molecule has 0 bridgehead atoms. The van der Waals surface area contributed by atoms with Crippen LogP contribution < -0.4 is 0 Å². The van der Waals surface area contributed by atoms with E-state index in [1.807, 2.05) is 0 Å². The molecule has 0 unspecified atom stereocenters. The smallest absolute Gasteiger partial charge is 0.311 e. The van der Waals surface area contributed by atoms with E-state index in [-0.39, 0.29) is 25.8 Å². The first-order valence-corrected chi connectivity index (χ1v) is 17.1. The Morgan fingerprint density at radius 3 is 1.22 bits per heavy atom. The lowest BCUT2D eigenvalue weighted by Gasteiger charge is -2.38. The van der Waals surface area contributed by atoms with Crippen molar-refractivity contribution in [2.75, 3.05) is 13.2 Å². The van der Waals surface area contributed by atoms with Crippen molar-refractivity contribution < 1.29 is 28.7 Å². The van der Waals surface area contributed by atoms with Crippen molar-refractivity contribution in [3.8, 4) is 25.1 Å². The van der Waals surface area contributed by atoms with E-state index in [2.05, 4.69) is 51.5 Å². The van der Waals surface area contributed by atoms with Crippen LogP contribution in [0, 0.1) is 25.1 Å². The molecule has 0 heterocycles. The zero-order valence-corrected chi connectivity index (χ0v) is 19.5. The molecular formula is C18H44O6Si3. The lowest BCUT2D eigenvalue weighted by Crippen LogP contribution is -2.52. The van der Waals surface area contributed by atoms with Crippen molar-refractivity contribution in [3.63, 3.8) is 0 Å². The topological polar surface area (TPSA) is 99.9 Å². The quantitative estimate of drug-likeness (QED) is 0.262. The highest BCUT2D eigenvalue weighted by molar-refractivity contribution is 6.87. The predicted octanol–water partition coefficient (Wildman–Crippen LogP) is 3.75. The Bertz CT molecular complexity index is 390. The van der Waals surface area contributed by atoms with E-state index in [4.69, 9.17) is 30.6 Å². The van der Waals surface area contributed by atoms with Crippen LogP contribution in [0.4, 0.5) is 0 Å². The van der Waals surface area contributed by atoms with Crippen molar-refractivity contribution in [2.45, 2.75) is 79.1 Å². The van der Waals surface area contributed by atoms with E-state index in [9.17, 15) is 0 Å². The van der Waals surface area contributed by atoms with Crippen LogP contribution in [-0.2, 0) is 17.7 Å². The zero-order chi connectivity index (χ0) is 18.0. The van der Waals surface area contributed by atoms with Crippen molar-refractivity contribution >= 4 is 25.2 Å². The van der Waals surface area contributed by atoms with Gasteiger partial charge in [0, 0.05) is 0 Å². The molecular weight excluding hydrogens is 396 g/mol. The van der Waals surface area contributed by atoms with Crippen molar-refractivity contribution in [2.24, 2.45) is 0 Å². The lowest BCUT2D eigenvalue weighted by atomic mass is 10.5. The van der Waals surface area contributed by atoms with E-state index in [1.54, 1.807) is 0 Å². The Morgan fingerprint density at radius 2 is 0.963 bits per heavy atom. The molecule has 0 aliphatic carbocycles. The van der Waals surface area contributed by atoms with Gasteiger partial charge in [0.1, 0.15) is 12.2 Å². The molecule has 9 heteroatoms. The molecule has 0 aromatic heterocycles. The summed E-state index contributed by atoms with van der Waals surface area (Å²) >= 11 is 0. The SMILES string of the molecule is C.C.C#COCCC[Si](C)(C)O[Si](C)(C)O[Si](C)(C)CCCOC#C.O.O. The summed E-state index contributed by atoms with van der Waals surface area (Å²) in [5.41, 5.74) is 0. The Labute approximate surface area is 171 Å². The molecule has 27 heavy (non-hydrogen) atoms. The van der Waals surface area contributed by atoms with E-state index in [0.29, 0.717) is 13.2 Å². The maximum atomic E-state index is 6.49. The first-order valence-electron chi connectivity index (χ1n) is 8.09. The fourth-order valence-electron chi connectivity index (χ4n) is 2.71. The average molecular weight is 441 g/mol. The third-order valence-electron chi connectivity index (χ3n) is 3.26. The molecule has 0 aliphatic heterocycles. The number of hydrogen-bond acceptors (Lipinski definition) is 4. The average Bonchev–Trinajstić information content (AvgIpc) is 2.37. The van der Waals surface area contributed by atoms with E-state index < -0.39 is 25.2 Å². The monoisotopic (exact) mass is 440 g/mol. The first-order chi connectivity index (χ1) is 10.5. The van der Waals surface area contributed by atoms with Gasteiger partial charge in [0.25, 0.3) is 0 Å². The maximum absolute atomic E-state index is 6.49. The van der Waals surface area contributed by atoms with Gasteiger partial charge in [0.2, 0.25) is 0 Å². The van der Waals surface area contributed by atoms with Crippen LogP contribution in [0.15, 0.2) is 0 Å². The van der Waals surface area contributed by atoms with Gasteiger partial charge in [-0.15, -0.1) is 0 Å². The van der Waals surface area contributed by atoms with Crippen molar-refractivity contribution in [1.82, 2.24) is 0 Å². The molecule has 0 aromatic carbocycles. The Hall–Kier alpha value is -0.789. The number of hydrogen-bond donors (Lipinski definition) is 0. The minimum Gasteiger partial charge on any atom is -0.447 e. The standard InChI is InChI=1S/C16H32O4Si3.2CH4.2H2O/c1-9-17-13-11-15-21(3,4)19-23(7,8)20-22(5,6)16-12-14-18-10-2;;;;/h1-2H,11-16H2,3-8H3;2*1H4;2*1H2. The Balaban J connectivity index is -0.000000403. The fraction of sp³-hybridized carbons (Fsp3) is 0.778. The van der Waals surface area contributed by atoms with Crippen molar-refractivity contribution in [3.05, 3.63) is 0 Å². The summed E-state index contributed by atoms with van der Waals surface area (Å²) in [5, 5.41) is 0. The van der Waals surface area contributed by atoms with Gasteiger partial charge >= 0.3 is 8.56 Å². The summed E-state index contributed by atoms with van der Waals surface area (Å²) in [6.07, 6.45) is 16.4. The molecule has 0 rings (SSSR count). The van der Waals surface area contributed by atoms with E-state index in [0.717, 1.165) is 24.9 Å². The Kier molecular flexibility index (Phi) is 23.8. The van der Waals surface area contributed by atoms with Crippen molar-refractivity contribution in [1.29, 1.82) is 0 Å². The number of rotatable bonds is 12. The van der Waals surface area contributed by atoms with Gasteiger partial charge in [-0.3, -0.25) is 0 Å². The van der Waals surface area contributed by atoms with Crippen LogP contribution in [0.5, 0.6) is 0 Å². The molecule has 0 spiro atoms. The summed E-state index contributed by atoms with van der Waals surface area (Å²) in [6.45, 7) is 14.4. The van der Waals surface area contributed by atoms with Gasteiger partial charge in [0.15, 0.2) is 16.6 Å². The second kappa shape index (κ2) is 17.3. The molecule has 0 saturated carbocycles. The largest absolute Gasteiger partial charge is 0.447 e. The lowest BCUT2D eigenvalue weighted by molar-refractivity contribution is 0.274. The van der Waals surface area contributed by atoms with Crippen LogP contribution in [0.3, 0.4) is 0 Å². The van der Waals surface area contributed by atoms with Crippen LogP contribution in [0.25, 0.3) is 0 Å². The second-order valence-electron chi connectivity index (χ2n) is 7.26. The van der Waals surface area contributed by atoms with Gasteiger partial charge in [0.05, 0.1) is 13.2 Å². The minimum atomic E-state index is -2.15. The normalized spacial score (nSPS) is 10.5. The van der Waals surface area contributed by atoms with Crippen LogP contribution in [0.2, 0.25) is 51.4 Å². The Morgan fingerprint density at radius 1 is 0.667 bits per heavy atom. The molecule has 0 aliphatic rings. The van der Waals surface area contributed by atoms with Crippen LogP contribution in [-0.4, -0.2) is 49.4 Å². The minimum absolute atomic E-state index is 0. The highest BCUT2D eigenvalue weighted by Crippen LogP contribution is 2.25. The third-order valence-corrected chi connectivity index (χ3v) is 14.7. The van der Waals surface area contributed by atoms with E-state index >= 15 is 0 Å². The molecule has 0 radical (unpaired) electrons. The van der Waals surface area contributed by atoms with Gasteiger partial charge in [-0.25, -0.2) is 0 Å². The molecule has 0 saturated heterocycles. The van der Waals surface area contributed by atoms with Crippen LogP contribution in [0.1, 0.15) is 27.7 Å². The van der Waals surface area contributed by atoms with E-state index in [1.165, 1.54) is 0 Å². The molecule has 4 N–H and O–H groups in total. The molecule has 164 valence electrons. The molecule has 0 aromatic rings. The maximum Gasteiger partial charge on any atom is 0.311 e. The zero-order valence-electron chi connectivity index (χ0n) is 16.5. The van der Waals surface area contributed by atoms with Crippen LogP contribution >= 0.6 is 0 Å². The fourth-order valence-corrected chi connectivity index (χ4v) is 16.7. The summed E-state index contributed by atoms with van der Waals surface area (Å²) in [7, 11) is -5.70. The first kappa shape index (κ1) is 37.0. The third kappa shape index (κ3) is 21.4. The highest BCUT2D eigenvalue weighted by atomic mass is 28.5. The molecule has 0 atom stereocenters. The molecule has 0 fully saturated rings. The second-order valence-corrected chi connectivity index (χ2v) is 19.7. The molecule has 0 amide bonds. The number of terminal acetylenes is 2. The summed E-state index contributed by atoms with van der Waals surface area (Å²) < 4.78 is 22.9. The van der Waals surface area contributed by atoms with Gasteiger partial charge in [-0.2, -0.15) is 0 Å². The number of ether oxygens (including phenoxy) is 2. The van der Waals surface area contributed by atoms with Gasteiger partial charge in [-0.1, -0.05) is 27.7 Å². The summed E-state index contributed by atoms with van der Waals surface area (Å²) in [4.78, 5) is 0. The summed E-state index contributed by atoms with van der Waals surface area (Å²) in [6, 6.07) is 2.04.